The zero-order valence-electron chi connectivity index (χ0n) is 9.45. The van der Waals surface area contributed by atoms with Crippen LogP contribution in [0.2, 0.25) is 0 Å². The average molecular weight is 250 g/mol. The number of nitrogens with zero attached hydrogens (tertiary/aromatic N) is 4. The van der Waals surface area contributed by atoms with Crippen LogP contribution in [0, 0.1) is 10.1 Å². The molecule has 2 N–H and O–H groups in total. The second-order valence-electron chi connectivity index (χ2n) is 3.23. The fourth-order valence-corrected chi connectivity index (χ4v) is 1.37. The molecule has 0 fully saturated rings. The van der Waals surface area contributed by atoms with E-state index in [1.54, 1.807) is 12.4 Å². The molecule has 0 saturated carbocycles. The number of hydrogen-bond donors (Lipinski definition) is 2. The monoisotopic (exact) mass is 250 g/mol. The van der Waals surface area contributed by atoms with Crippen molar-refractivity contribution in [3.63, 3.8) is 0 Å². The van der Waals surface area contributed by atoms with Gasteiger partial charge in [-0.2, -0.15) is 4.98 Å². The molecule has 9 nitrogen and oxygen atoms in total. The molecule has 0 aliphatic carbocycles. The van der Waals surface area contributed by atoms with E-state index in [1.807, 2.05) is 0 Å². The Kier molecular flexibility index (Phi) is 3.32. The molecule has 2 aromatic heterocycles. The molecule has 2 rings (SSSR count). The van der Waals surface area contributed by atoms with Crippen LogP contribution in [0.1, 0.15) is 5.82 Å². The van der Waals surface area contributed by atoms with Gasteiger partial charge in [0.05, 0.1) is 18.6 Å². The maximum absolute atomic E-state index is 10.9. The minimum absolute atomic E-state index is 0.0862. The zero-order valence-corrected chi connectivity index (χ0v) is 9.45. The number of hydrogen-bond acceptors (Lipinski definition) is 7. The van der Waals surface area contributed by atoms with Gasteiger partial charge in [0, 0.05) is 12.4 Å². The fraction of sp³-hybridized carbons (Fsp3) is 0.222. The summed E-state index contributed by atoms with van der Waals surface area (Å²) in [4.78, 5) is 24.7. The highest BCUT2D eigenvalue weighted by Crippen LogP contribution is 2.30. The minimum Gasteiger partial charge on any atom is -0.476 e. The van der Waals surface area contributed by atoms with Crippen LogP contribution in [0.5, 0.6) is 5.88 Å². The summed E-state index contributed by atoms with van der Waals surface area (Å²) in [7, 11) is 1.31. The Morgan fingerprint density at radius 2 is 2.33 bits per heavy atom. The molecule has 0 radical (unpaired) electrons. The molecular weight excluding hydrogens is 240 g/mol. The Bertz CT molecular complexity index is 541. The number of rotatable bonds is 5. The summed E-state index contributed by atoms with van der Waals surface area (Å²) in [5.41, 5.74) is -0.299. The van der Waals surface area contributed by atoms with E-state index in [9.17, 15) is 10.1 Å². The van der Waals surface area contributed by atoms with Crippen molar-refractivity contribution in [2.24, 2.45) is 0 Å². The minimum atomic E-state index is -0.594. The number of nitro groups is 1. The standard InChI is InChI=1S/C9H10N6O3/c1-18-9-7(15(16)17)8(13-5-14-9)12-4-6-10-2-3-11-6/h2-3,5H,4H2,1H3,(H,10,11)(H,12,13,14). The van der Waals surface area contributed by atoms with Gasteiger partial charge >= 0.3 is 5.69 Å². The second-order valence-corrected chi connectivity index (χ2v) is 3.23. The van der Waals surface area contributed by atoms with Gasteiger partial charge in [-0.05, 0) is 0 Å². The molecule has 0 aliphatic heterocycles. The topological polar surface area (TPSA) is 119 Å². The lowest BCUT2D eigenvalue weighted by atomic mass is 10.4. The largest absolute Gasteiger partial charge is 0.476 e. The third kappa shape index (κ3) is 2.34. The lowest BCUT2D eigenvalue weighted by molar-refractivity contribution is -0.385. The van der Waals surface area contributed by atoms with Crippen LogP contribution in [0.4, 0.5) is 11.5 Å². The Morgan fingerprint density at radius 1 is 1.50 bits per heavy atom. The van der Waals surface area contributed by atoms with E-state index < -0.39 is 4.92 Å². The number of imidazole rings is 1. The number of ether oxygens (including phenoxy) is 1. The quantitative estimate of drug-likeness (QED) is 0.592. The molecular formula is C9H10N6O3. The third-order valence-electron chi connectivity index (χ3n) is 2.14. The average Bonchev–Trinajstić information content (AvgIpc) is 2.88. The molecule has 0 saturated heterocycles. The first-order chi connectivity index (χ1) is 8.72. The summed E-state index contributed by atoms with van der Waals surface area (Å²) in [5.74, 6) is 0.641. The van der Waals surface area contributed by atoms with Crippen molar-refractivity contribution in [2.45, 2.75) is 6.54 Å². The van der Waals surface area contributed by atoms with Gasteiger partial charge in [-0.15, -0.1) is 0 Å². The normalized spacial score (nSPS) is 10.1. The van der Waals surface area contributed by atoms with Gasteiger partial charge in [0.25, 0.3) is 5.88 Å². The van der Waals surface area contributed by atoms with Gasteiger partial charge in [0.15, 0.2) is 0 Å². The number of H-pyrrole nitrogens is 1. The van der Waals surface area contributed by atoms with Crippen LogP contribution in [0.3, 0.4) is 0 Å². The van der Waals surface area contributed by atoms with E-state index in [-0.39, 0.29) is 23.9 Å². The number of aromatic amines is 1. The summed E-state index contributed by atoms with van der Waals surface area (Å²) in [5, 5.41) is 13.8. The Hall–Kier alpha value is -2.71. The molecule has 2 heterocycles. The second kappa shape index (κ2) is 5.08. The van der Waals surface area contributed by atoms with Gasteiger partial charge < -0.3 is 15.0 Å². The maximum atomic E-state index is 10.9. The lowest BCUT2D eigenvalue weighted by Crippen LogP contribution is -2.07. The van der Waals surface area contributed by atoms with Gasteiger partial charge in [-0.25, -0.2) is 9.97 Å². The van der Waals surface area contributed by atoms with Crippen molar-refractivity contribution in [2.75, 3.05) is 12.4 Å². The highest BCUT2D eigenvalue weighted by molar-refractivity contribution is 5.60. The van der Waals surface area contributed by atoms with Crippen LogP contribution in [0.15, 0.2) is 18.7 Å². The zero-order chi connectivity index (χ0) is 13.0. The van der Waals surface area contributed by atoms with Gasteiger partial charge in [0.2, 0.25) is 5.82 Å². The first-order valence-corrected chi connectivity index (χ1v) is 4.98. The highest BCUT2D eigenvalue weighted by Gasteiger charge is 2.23. The highest BCUT2D eigenvalue weighted by atomic mass is 16.6. The van der Waals surface area contributed by atoms with Crippen LogP contribution in [-0.4, -0.2) is 32.0 Å². The van der Waals surface area contributed by atoms with Crippen molar-refractivity contribution in [3.8, 4) is 5.88 Å². The van der Waals surface area contributed by atoms with Crippen LogP contribution in [-0.2, 0) is 6.54 Å². The van der Waals surface area contributed by atoms with Gasteiger partial charge in [0.1, 0.15) is 12.2 Å². The predicted octanol–water partition coefficient (Wildman–Crippen LogP) is 0.729. The van der Waals surface area contributed by atoms with Gasteiger partial charge in [-0.3, -0.25) is 10.1 Å². The molecule has 0 atom stereocenters. The number of nitrogens with one attached hydrogen (secondary N) is 2. The molecule has 0 bridgehead atoms. The van der Waals surface area contributed by atoms with Crippen molar-refractivity contribution < 1.29 is 9.66 Å². The number of methoxy groups -OCH3 is 1. The molecule has 0 spiro atoms. The van der Waals surface area contributed by atoms with Crippen molar-refractivity contribution in [3.05, 3.63) is 34.7 Å². The van der Waals surface area contributed by atoms with Crippen molar-refractivity contribution in [1.29, 1.82) is 0 Å². The smallest absolute Gasteiger partial charge is 0.372 e. The molecule has 2 aromatic rings. The fourth-order valence-electron chi connectivity index (χ4n) is 1.37. The summed E-state index contributed by atoms with van der Waals surface area (Å²) in [6.07, 6.45) is 4.44. The summed E-state index contributed by atoms with van der Waals surface area (Å²) < 4.78 is 4.83. The predicted molar refractivity (Wildman–Crippen MR) is 61.2 cm³/mol. The van der Waals surface area contributed by atoms with E-state index >= 15 is 0 Å². The summed E-state index contributed by atoms with van der Waals surface area (Å²) in [6.45, 7) is 0.286. The van der Waals surface area contributed by atoms with Gasteiger partial charge in [-0.1, -0.05) is 0 Å². The lowest BCUT2D eigenvalue weighted by Gasteiger charge is -2.06. The molecule has 0 aromatic carbocycles. The molecule has 0 unspecified atom stereocenters. The molecule has 0 amide bonds. The Balaban J connectivity index is 2.24. The first kappa shape index (κ1) is 11.8. The molecule has 9 heteroatoms. The Labute approximate surface area is 101 Å². The molecule has 18 heavy (non-hydrogen) atoms. The molecule has 0 aliphatic rings. The third-order valence-corrected chi connectivity index (χ3v) is 2.14. The van der Waals surface area contributed by atoms with E-state index in [1.165, 1.54) is 13.4 Å². The van der Waals surface area contributed by atoms with Crippen LogP contribution >= 0.6 is 0 Å². The van der Waals surface area contributed by atoms with E-state index in [2.05, 4.69) is 25.3 Å². The molecule has 94 valence electrons. The maximum Gasteiger partial charge on any atom is 0.372 e. The first-order valence-electron chi connectivity index (χ1n) is 4.98. The van der Waals surface area contributed by atoms with E-state index in [0.29, 0.717) is 5.82 Å². The number of aromatic nitrogens is 4. The SMILES string of the molecule is COc1ncnc(NCc2ncc[nH]2)c1[N+](=O)[O-]. The summed E-state index contributed by atoms with van der Waals surface area (Å²) >= 11 is 0. The van der Waals surface area contributed by atoms with Crippen molar-refractivity contribution in [1.82, 2.24) is 19.9 Å². The number of anilines is 1. The van der Waals surface area contributed by atoms with Crippen molar-refractivity contribution >= 4 is 11.5 Å². The van der Waals surface area contributed by atoms with Crippen LogP contribution in [0.25, 0.3) is 0 Å². The van der Waals surface area contributed by atoms with Crippen LogP contribution < -0.4 is 10.1 Å². The Morgan fingerprint density at radius 3 is 2.94 bits per heavy atom. The van der Waals surface area contributed by atoms with E-state index in [0.717, 1.165) is 0 Å². The summed E-state index contributed by atoms with van der Waals surface area (Å²) in [6, 6.07) is 0. The van der Waals surface area contributed by atoms with E-state index in [4.69, 9.17) is 4.74 Å².